The number of nitrogens with one attached hydrogen (secondary N) is 1. The van der Waals surface area contributed by atoms with Gasteiger partial charge in [0.15, 0.2) is 0 Å². The molecule has 1 aromatic carbocycles. The molecule has 0 radical (unpaired) electrons. The van der Waals surface area contributed by atoms with Crippen LogP contribution in [0.4, 0.5) is 0 Å². The second-order valence-corrected chi connectivity index (χ2v) is 7.53. The molecule has 27 heavy (non-hydrogen) atoms. The van der Waals surface area contributed by atoms with Crippen LogP contribution in [0.2, 0.25) is 0 Å². The minimum absolute atomic E-state index is 0.0228. The van der Waals surface area contributed by atoms with Crippen molar-refractivity contribution in [1.29, 1.82) is 0 Å². The Morgan fingerprint density at radius 3 is 2.07 bits per heavy atom. The number of hydrogen-bond donors (Lipinski definition) is 1. The lowest BCUT2D eigenvalue weighted by Crippen LogP contribution is -2.45. The maximum Gasteiger partial charge on any atom is 0.328 e. The summed E-state index contributed by atoms with van der Waals surface area (Å²) in [6, 6.07) is 6.87. The number of benzene rings is 1. The van der Waals surface area contributed by atoms with Crippen molar-refractivity contribution in [3.05, 3.63) is 35.4 Å². The number of amides is 1. The van der Waals surface area contributed by atoms with Crippen molar-refractivity contribution in [3.8, 4) is 0 Å². The molecule has 0 saturated heterocycles. The van der Waals surface area contributed by atoms with Crippen molar-refractivity contribution in [2.75, 3.05) is 6.61 Å². The molecular formula is C23H37NO3. The monoisotopic (exact) mass is 375 g/mol. The topological polar surface area (TPSA) is 55.4 Å². The minimum Gasteiger partial charge on any atom is -0.464 e. The summed E-state index contributed by atoms with van der Waals surface area (Å²) >= 11 is 0. The first-order chi connectivity index (χ1) is 13.0. The molecule has 0 fully saturated rings. The Labute approximate surface area is 165 Å². The first kappa shape index (κ1) is 23.2. The Morgan fingerprint density at radius 2 is 1.52 bits per heavy atom. The van der Waals surface area contributed by atoms with Crippen LogP contribution in [0, 0.1) is 5.92 Å². The van der Waals surface area contributed by atoms with Gasteiger partial charge >= 0.3 is 5.97 Å². The molecule has 1 unspecified atom stereocenters. The smallest absolute Gasteiger partial charge is 0.328 e. The van der Waals surface area contributed by atoms with Crippen LogP contribution in [-0.4, -0.2) is 24.5 Å². The van der Waals surface area contributed by atoms with Crippen LogP contribution in [0.1, 0.15) is 88.6 Å². The molecule has 4 heteroatoms. The molecule has 1 atom stereocenters. The van der Waals surface area contributed by atoms with Gasteiger partial charge in [0.05, 0.1) is 6.61 Å². The van der Waals surface area contributed by atoms with Crippen LogP contribution < -0.4 is 5.32 Å². The maximum atomic E-state index is 12.4. The van der Waals surface area contributed by atoms with Crippen molar-refractivity contribution in [1.82, 2.24) is 5.32 Å². The average Bonchev–Trinajstić information content (AvgIpc) is 2.67. The van der Waals surface area contributed by atoms with Gasteiger partial charge in [-0.25, -0.2) is 4.79 Å². The van der Waals surface area contributed by atoms with Crippen LogP contribution in [0.3, 0.4) is 0 Å². The summed E-state index contributed by atoms with van der Waals surface area (Å²) in [5, 5.41) is 2.83. The standard InChI is InChI=1S/C23H37NO3/c1-5-7-8-9-10-11-12-17-27-23(26)21(18(3)4)24-22(25)20-15-13-19(6-2)14-16-20/h13-16,18,21H,5-12,17H2,1-4H3,(H,24,25). The summed E-state index contributed by atoms with van der Waals surface area (Å²) in [4.78, 5) is 24.8. The highest BCUT2D eigenvalue weighted by Gasteiger charge is 2.26. The van der Waals surface area contributed by atoms with Crippen molar-refractivity contribution in [2.45, 2.75) is 85.1 Å². The molecule has 4 nitrogen and oxygen atoms in total. The maximum absolute atomic E-state index is 12.4. The molecule has 0 aromatic heterocycles. The Morgan fingerprint density at radius 1 is 0.926 bits per heavy atom. The molecule has 1 amide bonds. The van der Waals surface area contributed by atoms with Gasteiger partial charge in [-0.2, -0.15) is 0 Å². The van der Waals surface area contributed by atoms with Gasteiger partial charge in [-0.15, -0.1) is 0 Å². The van der Waals surface area contributed by atoms with Gasteiger partial charge in [-0.05, 0) is 36.5 Å². The van der Waals surface area contributed by atoms with Gasteiger partial charge in [-0.1, -0.05) is 78.4 Å². The number of carbonyl (C=O) groups excluding carboxylic acids is 2. The highest BCUT2D eigenvalue weighted by atomic mass is 16.5. The molecule has 0 saturated carbocycles. The van der Waals surface area contributed by atoms with Crippen molar-refractivity contribution >= 4 is 11.9 Å². The fourth-order valence-electron chi connectivity index (χ4n) is 2.94. The molecule has 1 N–H and O–H groups in total. The van der Waals surface area contributed by atoms with E-state index in [1.54, 1.807) is 12.1 Å². The van der Waals surface area contributed by atoms with E-state index < -0.39 is 6.04 Å². The zero-order valence-electron chi connectivity index (χ0n) is 17.6. The number of ether oxygens (including phenoxy) is 1. The second kappa shape index (κ2) is 13.3. The fourth-order valence-corrected chi connectivity index (χ4v) is 2.94. The highest BCUT2D eigenvalue weighted by Crippen LogP contribution is 2.10. The van der Waals surface area contributed by atoms with E-state index >= 15 is 0 Å². The van der Waals surface area contributed by atoms with Gasteiger partial charge in [0.25, 0.3) is 5.91 Å². The average molecular weight is 376 g/mol. The minimum atomic E-state index is -0.618. The molecule has 0 aliphatic rings. The van der Waals surface area contributed by atoms with Gasteiger partial charge in [0.1, 0.15) is 6.04 Å². The number of esters is 1. The van der Waals surface area contributed by atoms with Gasteiger partial charge in [0, 0.05) is 5.56 Å². The number of rotatable bonds is 13. The molecule has 0 aliphatic carbocycles. The summed E-state index contributed by atoms with van der Waals surface area (Å²) < 4.78 is 5.41. The third-order valence-corrected chi connectivity index (χ3v) is 4.82. The van der Waals surface area contributed by atoms with E-state index in [2.05, 4.69) is 19.2 Å². The van der Waals surface area contributed by atoms with Crippen LogP contribution >= 0.6 is 0 Å². The summed E-state index contributed by atoms with van der Waals surface area (Å²) in [5.74, 6) is -0.593. The predicted octanol–water partition coefficient (Wildman–Crippen LogP) is 5.30. The summed E-state index contributed by atoms with van der Waals surface area (Å²) in [5.41, 5.74) is 1.75. The quantitative estimate of drug-likeness (QED) is 0.376. The zero-order valence-corrected chi connectivity index (χ0v) is 17.6. The Balaban J connectivity index is 2.40. The number of carbonyl (C=O) groups is 2. The Kier molecular flexibility index (Phi) is 11.5. The predicted molar refractivity (Wildman–Crippen MR) is 111 cm³/mol. The second-order valence-electron chi connectivity index (χ2n) is 7.53. The summed E-state index contributed by atoms with van der Waals surface area (Å²) in [6.45, 7) is 8.55. The molecule has 0 heterocycles. The van der Waals surface area contributed by atoms with Crippen LogP contribution in [0.25, 0.3) is 0 Å². The third-order valence-electron chi connectivity index (χ3n) is 4.82. The summed E-state index contributed by atoms with van der Waals surface area (Å²) in [6.07, 6.45) is 9.18. The highest BCUT2D eigenvalue weighted by molar-refractivity contribution is 5.96. The molecule has 0 spiro atoms. The van der Waals surface area contributed by atoms with Crippen LogP contribution in [0.5, 0.6) is 0 Å². The fraction of sp³-hybridized carbons (Fsp3) is 0.652. The zero-order chi connectivity index (χ0) is 20.1. The van der Waals surface area contributed by atoms with E-state index in [1.165, 1.54) is 37.7 Å². The lowest BCUT2D eigenvalue weighted by molar-refractivity contribution is -0.147. The van der Waals surface area contributed by atoms with Crippen molar-refractivity contribution in [3.63, 3.8) is 0 Å². The van der Waals surface area contributed by atoms with E-state index in [0.717, 1.165) is 19.3 Å². The molecule has 1 aromatic rings. The first-order valence-corrected chi connectivity index (χ1v) is 10.6. The Bertz CT molecular complexity index is 551. The number of unbranched alkanes of at least 4 members (excludes halogenated alkanes) is 6. The summed E-state index contributed by atoms with van der Waals surface area (Å²) in [7, 11) is 0. The van der Waals surface area contributed by atoms with E-state index in [9.17, 15) is 9.59 Å². The van der Waals surface area contributed by atoms with Gasteiger partial charge in [0.2, 0.25) is 0 Å². The van der Waals surface area contributed by atoms with Crippen molar-refractivity contribution in [2.24, 2.45) is 5.92 Å². The van der Waals surface area contributed by atoms with E-state index in [1.807, 2.05) is 26.0 Å². The molecule has 0 aliphatic heterocycles. The van der Waals surface area contributed by atoms with Crippen LogP contribution in [0.15, 0.2) is 24.3 Å². The largest absolute Gasteiger partial charge is 0.464 e. The third kappa shape index (κ3) is 9.07. The lowest BCUT2D eigenvalue weighted by atomic mass is 10.0. The SMILES string of the molecule is CCCCCCCCCOC(=O)C(NC(=O)c1ccc(CC)cc1)C(C)C. The first-order valence-electron chi connectivity index (χ1n) is 10.6. The normalized spacial score (nSPS) is 12.0. The number of aryl methyl sites for hydroxylation is 1. The van der Waals surface area contributed by atoms with Gasteiger partial charge in [-0.3, -0.25) is 4.79 Å². The van der Waals surface area contributed by atoms with Crippen LogP contribution in [-0.2, 0) is 16.0 Å². The van der Waals surface area contributed by atoms with E-state index in [4.69, 9.17) is 4.74 Å². The van der Waals surface area contributed by atoms with E-state index in [-0.39, 0.29) is 17.8 Å². The molecule has 1 rings (SSSR count). The molecular weight excluding hydrogens is 338 g/mol. The number of hydrogen-bond acceptors (Lipinski definition) is 3. The molecule has 152 valence electrons. The molecule has 0 bridgehead atoms. The lowest BCUT2D eigenvalue weighted by Gasteiger charge is -2.21. The van der Waals surface area contributed by atoms with Gasteiger partial charge < -0.3 is 10.1 Å². The Hall–Kier alpha value is -1.84. The van der Waals surface area contributed by atoms with Crippen molar-refractivity contribution < 1.29 is 14.3 Å². The van der Waals surface area contributed by atoms with E-state index in [0.29, 0.717) is 12.2 Å².